The maximum Gasteiger partial charge on any atom is 0.326 e. The van der Waals surface area contributed by atoms with E-state index in [1.54, 1.807) is 0 Å². The van der Waals surface area contributed by atoms with Crippen molar-refractivity contribution < 1.29 is 9.90 Å². The van der Waals surface area contributed by atoms with E-state index >= 15 is 0 Å². The largest absolute Gasteiger partial charge is 0.480 e. The van der Waals surface area contributed by atoms with Crippen LogP contribution in [0.15, 0.2) is 17.2 Å². The Balaban J connectivity index is 1.99. The Morgan fingerprint density at radius 1 is 1.30 bits per heavy atom. The zero-order chi connectivity index (χ0) is 14.1. The van der Waals surface area contributed by atoms with Crippen molar-refractivity contribution in [2.45, 2.75) is 50.6 Å². The zero-order valence-electron chi connectivity index (χ0n) is 11.3. The first kappa shape index (κ1) is 13.1. The lowest BCUT2D eigenvalue weighted by molar-refractivity contribution is -0.139. The molecule has 0 spiro atoms. The Morgan fingerprint density at radius 3 is 2.85 bits per heavy atom. The minimum absolute atomic E-state index is 0.202. The van der Waals surface area contributed by atoms with E-state index in [9.17, 15) is 14.7 Å². The summed E-state index contributed by atoms with van der Waals surface area (Å²) in [5, 5.41) is 9.47. The van der Waals surface area contributed by atoms with Crippen LogP contribution in [0, 0.1) is 5.92 Å². The number of carboxylic acid groups (broad SMARTS) is 1. The summed E-state index contributed by atoms with van der Waals surface area (Å²) in [6.07, 6.45) is 7.41. The third kappa shape index (κ3) is 2.30. The van der Waals surface area contributed by atoms with E-state index in [4.69, 9.17) is 0 Å². The van der Waals surface area contributed by atoms with Gasteiger partial charge >= 0.3 is 5.97 Å². The van der Waals surface area contributed by atoms with Crippen LogP contribution >= 0.6 is 0 Å². The van der Waals surface area contributed by atoms with Gasteiger partial charge in [0.1, 0.15) is 11.9 Å². The summed E-state index contributed by atoms with van der Waals surface area (Å²) >= 11 is 0. The van der Waals surface area contributed by atoms with E-state index in [-0.39, 0.29) is 11.6 Å². The van der Waals surface area contributed by atoms with E-state index < -0.39 is 12.0 Å². The highest BCUT2D eigenvalue weighted by Gasteiger charge is 2.42. The lowest BCUT2D eigenvalue weighted by atomic mass is 9.76. The molecule has 2 aliphatic rings. The SMILES string of the molecule is O=C(O)C1CCC2CCCCC2N1c1cc(=O)[nH]cn1. The summed E-state index contributed by atoms with van der Waals surface area (Å²) in [5.41, 5.74) is -0.239. The Kier molecular flexibility index (Phi) is 3.46. The van der Waals surface area contributed by atoms with Crippen molar-refractivity contribution in [3.8, 4) is 0 Å². The van der Waals surface area contributed by atoms with Crippen LogP contribution in [0.25, 0.3) is 0 Å². The number of anilines is 1. The second-order valence-corrected chi connectivity index (χ2v) is 5.72. The summed E-state index contributed by atoms with van der Waals surface area (Å²) in [6.45, 7) is 0. The minimum Gasteiger partial charge on any atom is -0.480 e. The molecular weight excluding hydrogens is 258 g/mol. The number of nitrogens with one attached hydrogen (secondary N) is 1. The molecule has 0 bridgehead atoms. The molecule has 1 aromatic heterocycles. The fourth-order valence-electron chi connectivity index (χ4n) is 3.70. The molecule has 1 aliphatic carbocycles. The van der Waals surface area contributed by atoms with Crippen molar-refractivity contribution >= 4 is 11.8 Å². The molecular formula is C14H19N3O3. The van der Waals surface area contributed by atoms with Gasteiger partial charge < -0.3 is 15.0 Å². The van der Waals surface area contributed by atoms with Gasteiger partial charge in [-0.1, -0.05) is 12.8 Å². The Bertz CT molecular complexity index is 557. The standard InChI is InChI=1S/C14H19N3O3/c18-13-7-12(15-8-16-13)17-10-4-2-1-3-9(10)5-6-11(17)14(19)20/h7-11H,1-6H2,(H,19,20)(H,15,16,18). The molecule has 6 nitrogen and oxygen atoms in total. The van der Waals surface area contributed by atoms with Gasteiger partial charge in [-0.25, -0.2) is 9.78 Å². The number of carbonyl (C=O) groups is 1. The minimum atomic E-state index is -0.823. The highest BCUT2D eigenvalue weighted by molar-refractivity contribution is 5.78. The number of H-pyrrole nitrogens is 1. The molecule has 108 valence electrons. The molecule has 20 heavy (non-hydrogen) atoms. The first-order valence-electron chi connectivity index (χ1n) is 7.22. The van der Waals surface area contributed by atoms with Crippen molar-refractivity contribution in [1.29, 1.82) is 0 Å². The Labute approximate surface area is 116 Å². The maximum absolute atomic E-state index is 11.5. The van der Waals surface area contributed by atoms with Crippen LogP contribution in [0.1, 0.15) is 38.5 Å². The van der Waals surface area contributed by atoms with Gasteiger partial charge in [-0.3, -0.25) is 4.79 Å². The zero-order valence-corrected chi connectivity index (χ0v) is 11.3. The molecule has 1 aliphatic heterocycles. The highest BCUT2D eigenvalue weighted by atomic mass is 16.4. The number of aromatic amines is 1. The van der Waals surface area contributed by atoms with Crippen molar-refractivity contribution in [3.63, 3.8) is 0 Å². The topological polar surface area (TPSA) is 86.3 Å². The molecule has 2 heterocycles. The van der Waals surface area contributed by atoms with Crippen LogP contribution in [0.4, 0.5) is 5.82 Å². The molecule has 2 N–H and O–H groups in total. The quantitative estimate of drug-likeness (QED) is 0.853. The molecule has 1 saturated heterocycles. The van der Waals surface area contributed by atoms with Crippen molar-refractivity contribution in [3.05, 3.63) is 22.7 Å². The predicted octanol–water partition coefficient (Wildman–Crippen LogP) is 1.38. The van der Waals surface area contributed by atoms with Crippen LogP contribution in [0.5, 0.6) is 0 Å². The van der Waals surface area contributed by atoms with Gasteiger partial charge in [0.05, 0.1) is 6.33 Å². The monoisotopic (exact) mass is 277 g/mol. The second kappa shape index (κ2) is 5.26. The van der Waals surface area contributed by atoms with Crippen LogP contribution in [0.2, 0.25) is 0 Å². The van der Waals surface area contributed by atoms with Gasteiger partial charge in [0.15, 0.2) is 0 Å². The van der Waals surface area contributed by atoms with Crippen molar-refractivity contribution in [2.24, 2.45) is 5.92 Å². The van der Waals surface area contributed by atoms with Gasteiger partial charge in [0.25, 0.3) is 5.56 Å². The molecule has 0 amide bonds. The van der Waals surface area contributed by atoms with E-state index in [0.717, 1.165) is 25.7 Å². The third-order valence-corrected chi connectivity index (χ3v) is 4.59. The number of hydrogen-bond acceptors (Lipinski definition) is 4. The van der Waals surface area contributed by atoms with Crippen molar-refractivity contribution in [1.82, 2.24) is 9.97 Å². The number of aromatic nitrogens is 2. The van der Waals surface area contributed by atoms with E-state index in [1.807, 2.05) is 4.90 Å². The number of nitrogens with zero attached hydrogens (tertiary/aromatic N) is 2. The molecule has 3 rings (SSSR count). The Hall–Kier alpha value is -1.85. The van der Waals surface area contributed by atoms with Gasteiger partial charge in [0, 0.05) is 12.1 Å². The molecule has 6 heteroatoms. The van der Waals surface area contributed by atoms with Gasteiger partial charge in [-0.2, -0.15) is 0 Å². The lowest BCUT2D eigenvalue weighted by Crippen LogP contribution is -2.55. The van der Waals surface area contributed by atoms with Crippen LogP contribution < -0.4 is 10.5 Å². The Morgan fingerprint density at radius 2 is 2.10 bits per heavy atom. The number of rotatable bonds is 2. The van der Waals surface area contributed by atoms with E-state index in [1.165, 1.54) is 18.8 Å². The summed E-state index contributed by atoms with van der Waals surface area (Å²) in [4.78, 5) is 31.6. The van der Waals surface area contributed by atoms with Crippen LogP contribution in [-0.2, 0) is 4.79 Å². The highest BCUT2D eigenvalue weighted by Crippen LogP contribution is 2.39. The predicted molar refractivity (Wildman–Crippen MR) is 73.7 cm³/mol. The molecule has 1 saturated carbocycles. The molecule has 3 unspecified atom stereocenters. The second-order valence-electron chi connectivity index (χ2n) is 5.72. The summed E-state index contributed by atoms with van der Waals surface area (Å²) in [7, 11) is 0. The fourth-order valence-corrected chi connectivity index (χ4v) is 3.70. The average Bonchev–Trinajstić information content (AvgIpc) is 2.46. The van der Waals surface area contributed by atoms with E-state index in [2.05, 4.69) is 9.97 Å². The van der Waals surface area contributed by atoms with Gasteiger partial charge in [-0.05, 0) is 31.6 Å². The van der Waals surface area contributed by atoms with Gasteiger partial charge in [0.2, 0.25) is 0 Å². The average molecular weight is 277 g/mol. The summed E-state index contributed by atoms with van der Waals surface area (Å²) in [6, 6.07) is 1.05. The third-order valence-electron chi connectivity index (χ3n) is 4.59. The van der Waals surface area contributed by atoms with Gasteiger partial charge in [-0.15, -0.1) is 0 Å². The first-order valence-corrected chi connectivity index (χ1v) is 7.22. The number of aliphatic carboxylic acids is 1. The van der Waals surface area contributed by atoms with Crippen LogP contribution in [0.3, 0.4) is 0 Å². The van der Waals surface area contributed by atoms with E-state index in [0.29, 0.717) is 18.2 Å². The molecule has 1 aromatic rings. The molecule has 0 radical (unpaired) electrons. The smallest absolute Gasteiger partial charge is 0.326 e. The number of fused-ring (bicyclic) bond motifs is 1. The number of piperidine rings is 1. The summed E-state index contributed by atoms with van der Waals surface area (Å²) < 4.78 is 0. The van der Waals surface area contributed by atoms with Crippen LogP contribution in [-0.4, -0.2) is 33.1 Å². The number of carboxylic acids is 1. The molecule has 3 atom stereocenters. The number of hydrogen-bond donors (Lipinski definition) is 2. The fraction of sp³-hybridized carbons (Fsp3) is 0.643. The van der Waals surface area contributed by atoms with Crippen molar-refractivity contribution in [2.75, 3.05) is 4.90 Å². The summed E-state index contributed by atoms with van der Waals surface area (Å²) in [5.74, 6) is 0.203. The lowest BCUT2D eigenvalue weighted by Gasteiger charge is -2.47. The normalized spacial score (nSPS) is 29.8. The molecule has 2 fully saturated rings. The first-order chi connectivity index (χ1) is 9.66. The molecule has 0 aromatic carbocycles. The maximum atomic E-state index is 11.5.